The predicted molar refractivity (Wildman–Crippen MR) is 52.3 cm³/mol. The van der Waals surface area contributed by atoms with E-state index in [1.165, 1.54) is 6.92 Å². The third kappa shape index (κ3) is 1.99. The van der Waals surface area contributed by atoms with Gasteiger partial charge < -0.3 is 10.4 Å². The van der Waals surface area contributed by atoms with Crippen LogP contribution in [0.5, 0.6) is 5.75 Å². The van der Waals surface area contributed by atoms with Crippen LogP contribution in [-0.4, -0.2) is 17.4 Å². The van der Waals surface area contributed by atoms with Crippen molar-refractivity contribution in [2.75, 3.05) is 11.9 Å². The van der Waals surface area contributed by atoms with Crippen molar-refractivity contribution in [1.29, 1.82) is 0 Å². The van der Waals surface area contributed by atoms with Gasteiger partial charge in [-0.2, -0.15) is 0 Å². The number of phenolic OH excluding ortho intramolecular Hbond substituents is 1. The molecule has 3 nitrogen and oxygen atoms in total. The van der Waals surface area contributed by atoms with E-state index in [1.807, 2.05) is 6.92 Å². The number of hydrogen-bond acceptors (Lipinski definition) is 3. The van der Waals surface area contributed by atoms with Gasteiger partial charge in [0.2, 0.25) is 0 Å². The number of rotatable bonds is 3. The number of hydrogen-bond donors (Lipinski definition) is 2. The Morgan fingerprint density at radius 2 is 2.23 bits per heavy atom. The monoisotopic (exact) mass is 179 g/mol. The smallest absolute Gasteiger partial charge is 0.162 e. The number of anilines is 1. The highest BCUT2D eigenvalue weighted by atomic mass is 16.3. The second-order valence-corrected chi connectivity index (χ2v) is 2.79. The first kappa shape index (κ1) is 9.58. The molecule has 0 saturated carbocycles. The second kappa shape index (κ2) is 3.94. The molecule has 1 aromatic carbocycles. The zero-order valence-electron chi connectivity index (χ0n) is 7.79. The molecule has 0 aliphatic rings. The van der Waals surface area contributed by atoms with E-state index in [0.717, 1.165) is 0 Å². The van der Waals surface area contributed by atoms with Gasteiger partial charge in [0.15, 0.2) is 5.78 Å². The van der Waals surface area contributed by atoms with E-state index < -0.39 is 0 Å². The average molecular weight is 179 g/mol. The molecule has 0 spiro atoms. The van der Waals surface area contributed by atoms with E-state index in [0.29, 0.717) is 17.8 Å². The van der Waals surface area contributed by atoms with Crippen molar-refractivity contribution in [1.82, 2.24) is 0 Å². The van der Waals surface area contributed by atoms with Crippen molar-refractivity contribution in [3.05, 3.63) is 23.8 Å². The van der Waals surface area contributed by atoms with Gasteiger partial charge in [-0.1, -0.05) is 6.07 Å². The van der Waals surface area contributed by atoms with Crippen LogP contribution in [-0.2, 0) is 0 Å². The van der Waals surface area contributed by atoms with Crippen LogP contribution >= 0.6 is 0 Å². The fourth-order valence-corrected chi connectivity index (χ4v) is 1.20. The lowest BCUT2D eigenvalue weighted by atomic mass is 10.1. The minimum atomic E-state index is -0.0492. The highest BCUT2D eigenvalue weighted by molar-refractivity contribution is 6.00. The van der Waals surface area contributed by atoms with Gasteiger partial charge in [-0.3, -0.25) is 4.79 Å². The highest BCUT2D eigenvalue weighted by Gasteiger charge is 2.09. The molecule has 0 heterocycles. The van der Waals surface area contributed by atoms with E-state index in [2.05, 4.69) is 5.32 Å². The minimum absolute atomic E-state index is 0.0492. The lowest BCUT2D eigenvalue weighted by molar-refractivity contribution is 0.101. The van der Waals surface area contributed by atoms with Crippen molar-refractivity contribution in [3.8, 4) is 5.75 Å². The van der Waals surface area contributed by atoms with Crippen LogP contribution in [0.1, 0.15) is 24.2 Å². The van der Waals surface area contributed by atoms with Gasteiger partial charge in [-0.25, -0.2) is 0 Å². The van der Waals surface area contributed by atoms with Gasteiger partial charge in [0.25, 0.3) is 0 Å². The molecule has 1 aromatic rings. The number of Topliss-reactive ketones (excluding diaryl/α,β-unsaturated/α-hetero) is 1. The van der Waals surface area contributed by atoms with Crippen LogP contribution in [0.2, 0.25) is 0 Å². The van der Waals surface area contributed by atoms with Crippen molar-refractivity contribution >= 4 is 11.5 Å². The summed E-state index contributed by atoms with van der Waals surface area (Å²) in [5, 5.41) is 12.4. The standard InChI is InChI=1S/C10H13NO2/c1-3-11-10-8(7(2)12)5-4-6-9(10)13/h4-6,11,13H,3H2,1-2H3. The molecule has 0 atom stereocenters. The normalized spacial score (nSPS) is 9.69. The molecular formula is C10H13NO2. The summed E-state index contributed by atoms with van der Waals surface area (Å²) in [5.41, 5.74) is 1.05. The Hall–Kier alpha value is -1.51. The third-order valence-corrected chi connectivity index (χ3v) is 1.78. The van der Waals surface area contributed by atoms with Gasteiger partial charge in [-0.15, -0.1) is 0 Å². The quantitative estimate of drug-likeness (QED) is 0.551. The molecule has 2 N–H and O–H groups in total. The fourth-order valence-electron chi connectivity index (χ4n) is 1.20. The summed E-state index contributed by atoms with van der Waals surface area (Å²) in [6.07, 6.45) is 0. The maximum absolute atomic E-state index is 11.1. The molecule has 70 valence electrons. The Morgan fingerprint density at radius 3 is 2.77 bits per heavy atom. The van der Waals surface area contributed by atoms with Crippen LogP contribution < -0.4 is 5.32 Å². The fraction of sp³-hybridized carbons (Fsp3) is 0.300. The molecule has 13 heavy (non-hydrogen) atoms. The summed E-state index contributed by atoms with van der Waals surface area (Å²) >= 11 is 0. The van der Waals surface area contributed by atoms with Gasteiger partial charge in [0.1, 0.15) is 5.75 Å². The van der Waals surface area contributed by atoms with Crippen LogP contribution in [0.15, 0.2) is 18.2 Å². The molecule has 0 aromatic heterocycles. The van der Waals surface area contributed by atoms with E-state index >= 15 is 0 Å². The van der Waals surface area contributed by atoms with Crippen LogP contribution in [0.25, 0.3) is 0 Å². The van der Waals surface area contributed by atoms with Crippen LogP contribution in [0, 0.1) is 0 Å². The summed E-state index contributed by atoms with van der Waals surface area (Å²) in [6.45, 7) is 4.07. The van der Waals surface area contributed by atoms with E-state index in [1.54, 1.807) is 18.2 Å². The summed E-state index contributed by atoms with van der Waals surface area (Å²) < 4.78 is 0. The number of aromatic hydroxyl groups is 1. The summed E-state index contributed by atoms with van der Waals surface area (Å²) in [7, 11) is 0. The van der Waals surface area contributed by atoms with E-state index in [4.69, 9.17) is 0 Å². The number of carbonyl (C=O) groups is 1. The predicted octanol–water partition coefficient (Wildman–Crippen LogP) is 2.03. The van der Waals surface area contributed by atoms with Crippen LogP contribution in [0.3, 0.4) is 0 Å². The van der Waals surface area contributed by atoms with Gasteiger partial charge >= 0.3 is 0 Å². The Labute approximate surface area is 77.4 Å². The maximum atomic E-state index is 11.1. The zero-order chi connectivity index (χ0) is 9.84. The molecule has 3 heteroatoms. The number of para-hydroxylation sites is 1. The van der Waals surface area contributed by atoms with Crippen molar-refractivity contribution in [2.24, 2.45) is 0 Å². The summed E-state index contributed by atoms with van der Waals surface area (Å²) in [4.78, 5) is 11.1. The molecule has 0 aliphatic carbocycles. The summed E-state index contributed by atoms with van der Waals surface area (Å²) in [6, 6.07) is 4.91. The molecule has 0 aliphatic heterocycles. The first-order valence-corrected chi connectivity index (χ1v) is 4.23. The van der Waals surface area contributed by atoms with Crippen molar-refractivity contribution < 1.29 is 9.90 Å². The highest BCUT2D eigenvalue weighted by Crippen LogP contribution is 2.27. The Morgan fingerprint density at radius 1 is 1.54 bits per heavy atom. The van der Waals surface area contributed by atoms with Crippen molar-refractivity contribution in [3.63, 3.8) is 0 Å². The number of nitrogens with one attached hydrogen (secondary N) is 1. The van der Waals surface area contributed by atoms with E-state index in [9.17, 15) is 9.90 Å². The molecule has 1 rings (SSSR count). The first-order chi connectivity index (χ1) is 6.16. The van der Waals surface area contributed by atoms with Gasteiger partial charge in [-0.05, 0) is 26.0 Å². The van der Waals surface area contributed by atoms with Gasteiger partial charge in [0, 0.05) is 12.1 Å². The Bertz CT molecular complexity index is 321. The Balaban J connectivity index is 3.17. The SMILES string of the molecule is CCNc1c(O)cccc1C(C)=O. The number of benzene rings is 1. The van der Waals surface area contributed by atoms with Crippen molar-refractivity contribution in [2.45, 2.75) is 13.8 Å². The number of carbonyl (C=O) groups excluding carboxylic acids is 1. The molecule has 0 fully saturated rings. The number of ketones is 1. The minimum Gasteiger partial charge on any atom is -0.506 e. The zero-order valence-corrected chi connectivity index (χ0v) is 7.79. The molecule has 0 radical (unpaired) electrons. The molecule has 0 bridgehead atoms. The second-order valence-electron chi connectivity index (χ2n) is 2.79. The third-order valence-electron chi connectivity index (χ3n) is 1.78. The first-order valence-electron chi connectivity index (χ1n) is 4.23. The molecule has 0 saturated heterocycles. The molecule has 0 amide bonds. The van der Waals surface area contributed by atoms with E-state index in [-0.39, 0.29) is 11.5 Å². The lowest BCUT2D eigenvalue weighted by Gasteiger charge is -2.09. The summed E-state index contributed by atoms with van der Waals surface area (Å²) in [5.74, 6) is 0.0707. The number of phenols is 1. The maximum Gasteiger partial charge on any atom is 0.162 e. The molecular weight excluding hydrogens is 166 g/mol. The largest absolute Gasteiger partial charge is 0.506 e. The topological polar surface area (TPSA) is 49.3 Å². The average Bonchev–Trinajstić information content (AvgIpc) is 2.08. The van der Waals surface area contributed by atoms with Crippen LogP contribution in [0.4, 0.5) is 5.69 Å². The lowest BCUT2D eigenvalue weighted by Crippen LogP contribution is -2.03. The Kier molecular flexibility index (Phi) is 2.90. The molecule has 0 unspecified atom stereocenters. The van der Waals surface area contributed by atoms with Gasteiger partial charge in [0.05, 0.1) is 5.69 Å².